The molecule has 6 nitrogen and oxygen atoms in total. The molecule has 0 N–H and O–H groups in total. The van der Waals surface area contributed by atoms with Crippen molar-refractivity contribution >= 4 is 5.65 Å². The molecular formula is C22H25N3O3. The molecule has 0 aliphatic carbocycles. The van der Waals surface area contributed by atoms with Crippen LogP contribution in [0.25, 0.3) is 5.65 Å². The highest BCUT2D eigenvalue weighted by Gasteiger charge is 2.29. The first-order valence-electron chi connectivity index (χ1n) is 9.54. The molecular weight excluding hydrogens is 354 g/mol. The van der Waals surface area contributed by atoms with E-state index in [1.54, 1.807) is 30.9 Å². The van der Waals surface area contributed by atoms with Gasteiger partial charge in [-0.15, -0.1) is 0 Å². The van der Waals surface area contributed by atoms with Gasteiger partial charge in [0.05, 0.1) is 19.9 Å². The number of methoxy groups -OCH3 is 2. The first-order valence-corrected chi connectivity index (χ1v) is 9.54. The van der Waals surface area contributed by atoms with E-state index in [2.05, 4.69) is 11.0 Å². The van der Waals surface area contributed by atoms with E-state index in [9.17, 15) is 4.79 Å². The van der Waals surface area contributed by atoms with Crippen molar-refractivity contribution in [3.8, 4) is 11.5 Å². The molecule has 1 atom stereocenters. The van der Waals surface area contributed by atoms with Crippen LogP contribution in [0.15, 0.2) is 47.4 Å². The van der Waals surface area contributed by atoms with Crippen LogP contribution in [0.1, 0.15) is 35.7 Å². The van der Waals surface area contributed by atoms with Gasteiger partial charge in [0.15, 0.2) is 0 Å². The predicted molar refractivity (Wildman–Crippen MR) is 108 cm³/mol. The number of aromatic nitrogens is 2. The van der Waals surface area contributed by atoms with Gasteiger partial charge in [0, 0.05) is 36.5 Å². The highest BCUT2D eigenvalue weighted by molar-refractivity contribution is 5.43. The molecule has 0 spiro atoms. The maximum Gasteiger partial charge on any atom is 0.258 e. The molecule has 4 rings (SSSR count). The summed E-state index contributed by atoms with van der Waals surface area (Å²) in [5.74, 6) is 1.61. The van der Waals surface area contributed by atoms with Gasteiger partial charge in [-0.2, -0.15) is 0 Å². The summed E-state index contributed by atoms with van der Waals surface area (Å²) in [6, 6.07) is 11.7. The van der Waals surface area contributed by atoms with Crippen molar-refractivity contribution in [2.45, 2.75) is 32.4 Å². The Kier molecular flexibility index (Phi) is 5.05. The highest BCUT2D eigenvalue weighted by atomic mass is 16.5. The third kappa shape index (κ3) is 3.47. The van der Waals surface area contributed by atoms with E-state index in [1.165, 1.54) is 0 Å². The maximum absolute atomic E-state index is 12.5. The van der Waals surface area contributed by atoms with Gasteiger partial charge in [-0.1, -0.05) is 6.07 Å². The van der Waals surface area contributed by atoms with Gasteiger partial charge in [0.2, 0.25) is 0 Å². The van der Waals surface area contributed by atoms with E-state index < -0.39 is 0 Å². The fourth-order valence-electron chi connectivity index (χ4n) is 4.00. The van der Waals surface area contributed by atoms with E-state index in [0.29, 0.717) is 12.2 Å². The van der Waals surface area contributed by atoms with Gasteiger partial charge in [-0.3, -0.25) is 14.1 Å². The Morgan fingerprint density at radius 2 is 2.00 bits per heavy atom. The van der Waals surface area contributed by atoms with E-state index in [4.69, 9.17) is 14.5 Å². The van der Waals surface area contributed by atoms with Gasteiger partial charge in [-0.05, 0) is 50.1 Å². The lowest BCUT2D eigenvalue weighted by molar-refractivity contribution is 0.240. The van der Waals surface area contributed by atoms with Crippen LogP contribution >= 0.6 is 0 Å². The number of fused-ring (bicyclic) bond motifs is 1. The van der Waals surface area contributed by atoms with Gasteiger partial charge in [0.1, 0.15) is 17.1 Å². The van der Waals surface area contributed by atoms with Crippen molar-refractivity contribution in [2.75, 3.05) is 20.8 Å². The van der Waals surface area contributed by atoms with Crippen molar-refractivity contribution in [2.24, 2.45) is 0 Å². The Morgan fingerprint density at radius 1 is 1.14 bits per heavy atom. The summed E-state index contributed by atoms with van der Waals surface area (Å²) in [5.41, 5.74) is 3.69. The molecule has 1 unspecified atom stereocenters. The summed E-state index contributed by atoms with van der Waals surface area (Å²) in [6.07, 6.45) is 3.94. The lowest BCUT2D eigenvalue weighted by atomic mass is 10.0. The Bertz CT molecular complexity index is 1060. The molecule has 0 saturated carbocycles. The number of benzene rings is 1. The second-order valence-corrected chi connectivity index (χ2v) is 7.25. The smallest absolute Gasteiger partial charge is 0.258 e. The minimum atomic E-state index is -0.0437. The lowest BCUT2D eigenvalue weighted by Gasteiger charge is -2.26. The zero-order valence-electron chi connectivity index (χ0n) is 16.5. The average molecular weight is 379 g/mol. The Morgan fingerprint density at radius 3 is 2.79 bits per heavy atom. The molecule has 0 bridgehead atoms. The molecule has 0 amide bonds. The highest BCUT2D eigenvalue weighted by Crippen LogP contribution is 2.39. The molecule has 2 aromatic heterocycles. The molecule has 146 valence electrons. The fraction of sp³-hybridized carbons (Fsp3) is 0.364. The lowest BCUT2D eigenvalue weighted by Crippen LogP contribution is -2.25. The number of aryl methyl sites for hydroxylation is 1. The predicted octanol–water partition coefficient (Wildman–Crippen LogP) is 3.36. The van der Waals surface area contributed by atoms with Crippen LogP contribution in [-0.2, 0) is 6.54 Å². The monoisotopic (exact) mass is 379 g/mol. The second kappa shape index (κ2) is 7.64. The average Bonchev–Trinajstić information content (AvgIpc) is 3.14. The van der Waals surface area contributed by atoms with Crippen LogP contribution in [0, 0.1) is 6.92 Å². The van der Waals surface area contributed by atoms with Crippen LogP contribution in [0.4, 0.5) is 0 Å². The van der Waals surface area contributed by atoms with E-state index in [0.717, 1.165) is 47.7 Å². The molecule has 1 aliphatic rings. The molecule has 3 aromatic rings. The van der Waals surface area contributed by atoms with Gasteiger partial charge in [-0.25, -0.2) is 4.98 Å². The van der Waals surface area contributed by atoms with Crippen LogP contribution in [-0.4, -0.2) is 35.0 Å². The molecule has 28 heavy (non-hydrogen) atoms. The SMILES string of the molecule is COc1ccc(C2CCCN2Cc2cc(=O)n3ccc(C)cc3n2)c(OC)c1. The van der Waals surface area contributed by atoms with Gasteiger partial charge in [0.25, 0.3) is 5.56 Å². The third-order valence-electron chi connectivity index (χ3n) is 5.40. The largest absolute Gasteiger partial charge is 0.497 e. The van der Waals surface area contributed by atoms with E-state index in [-0.39, 0.29) is 11.6 Å². The Balaban J connectivity index is 1.65. The Hall–Kier alpha value is -2.86. The standard InChI is InChI=1S/C22H25N3O3/c1-15-8-10-25-21(11-15)23-16(12-22(25)26)14-24-9-4-5-19(24)18-7-6-17(27-2)13-20(18)28-3/h6-8,10-13,19H,4-5,9,14H2,1-3H3. The topological polar surface area (TPSA) is 56.1 Å². The Labute approximate surface area is 164 Å². The maximum atomic E-state index is 12.5. The van der Waals surface area contributed by atoms with Crippen LogP contribution in [0.2, 0.25) is 0 Å². The summed E-state index contributed by atoms with van der Waals surface area (Å²) in [4.78, 5) is 19.6. The fourth-order valence-corrected chi connectivity index (χ4v) is 4.00. The first kappa shape index (κ1) is 18.5. The zero-order valence-corrected chi connectivity index (χ0v) is 16.5. The molecule has 1 aliphatic heterocycles. The van der Waals surface area contributed by atoms with Gasteiger partial charge >= 0.3 is 0 Å². The third-order valence-corrected chi connectivity index (χ3v) is 5.40. The minimum Gasteiger partial charge on any atom is -0.497 e. The zero-order chi connectivity index (χ0) is 19.7. The number of pyridine rings is 1. The van der Waals surface area contributed by atoms with Crippen LogP contribution < -0.4 is 15.0 Å². The summed E-state index contributed by atoms with van der Waals surface area (Å²) in [7, 11) is 3.34. The number of nitrogens with zero attached hydrogens (tertiary/aromatic N) is 3. The van der Waals surface area contributed by atoms with Gasteiger partial charge < -0.3 is 9.47 Å². The number of likely N-dealkylation sites (tertiary alicyclic amines) is 1. The van der Waals surface area contributed by atoms with Crippen molar-refractivity contribution in [1.82, 2.24) is 14.3 Å². The number of ether oxygens (including phenoxy) is 2. The van der Waals surface area contributed by atoms with Crippen molar-refractivity contribution in [3.05, 3.63) is 69.8 Å². The summed E-state index contributed by atoms with van der Waals surface area (Å²) in [6.45, 7) is 3.61. The number of hydrogen-bond acceptors (Lipinski definition) is 5. The van der Waals surface area contributed by atoms with Crippen molar-refractivity contribution in [3.63, 3.8) is 0 Å². The van der Waals surface area contributed by atoms with Crippen LogP contribution in [0.3, 0.4) is 0 Å². The number of rotatable bonds is 5. The molecule has 1 aromatic carbocycles. The molecule has 1 saturated heterocycles. The summed E-state index contributed by atoms with van der Waals surface area (Å²) in [5, 5.41) is 0. The quantitative estimate of drug-likeness (QED) is 0.680. The van der Waals surface area contributed by atoms with Crippen LogP contribution in [0.5, 0.6) is 11.5 Å². The van der Waals surface area contributed by atoms with E-state index in [1.807, 2.05) is 31.2 Å². The summed E-state index contributed by atoms with van der Waals surface area (Å²) >= 11 is 0. The summed E-state index contributed by atoms with van der Waals surface area (Å²) < 4.78 is 12.5. The number of hydrogen-bond donors (Lipinski definition) is 0. The molecule has 6 heteroatoms. The first-order chi connectivity index (χ1) is 13.6. The minimum absolute atomic E-state index is 0.0437. The molecule has 1 fully saturated rings. The van der Waals surface area contributed by atoms with E-state index >= 15 is 0 Å². The molecule has 0 radical (unpaired) electrons. The van der Waals surface area contributed by atoms with Crippen molar-refractivity contribution in [1.29, 1.82) is 0 Å². The molecule has 3 heterocycles. The van der Waals surface area contributed by atoms with Crippen molar-refractivity contribution < 1.29 is 9.47 Å². The normalized spacial score (nSPS) is 17.2. The second-order valence-electron chi connectivity index (χ2n) is 7.25.